The minimum atomic E-state index is -0.572. The molecule has 3 atom stereocenters. The molecule has 0 aromatic heterocycles. The lowest BCUT2D eigenvalue weighted by Gasteiger charge is -2.22. The molecule has 1 heterocycles. The van der Waals surface area contributed by atoms with Gasteiger partial charge in [0.2, 0.25) is 0 Å². The summed E-state index contributed by atoms with van der Waals surface area (Å²) in [6, 6.07) is 14.3. The summed E-state index contributed by atoms with van der Waals surface area (Å²) >= 11 is 0. The molecule has 0 amide bonds. The monoisotopic (exact) mass is 540 g/mol. The van der Waals surface area contributed by atoms with Crippen LogP contribution in [0.2, 0.25) is 0 Å². The first-order valence-corrected chi connectivity index (χ1v) is 12.9. The Kier molecular flexibility index (Phi) is 9.40. The summed E-state index contributed by atoms with van der Waals surface area (Å²) in [7, 11) is 4.59. The predicted octanol–water partition coefficient (Wildman–Crippen LogP) is 3.53. The third-order valence-corrected chi connectivity index (χ3v) is 6.91. The fourth-order valence-electron chi connectivity index (χ4n) is 4.92. The topological polar surface area (TPSA) is 127 Å². The van der Waals surface area contributed by atoms with Crippen molar-refractivity contribution in [2.24, 2.45) is 0 Å². The van der Waals surface area contributed by atoms with Crippen LogP contribution < -0.4 is 23.7 Å². The van der Waals surface area contributed by atoms with Crippen LogP contribution in [-0.4, -0.2) is 67.7 Å². The first-order chi connectivity index (χ1) is 19.0. The van der Waals surface area contributed by atoms with Crippen molar-refractivity contribution in [1.82, 2.24) is 0 Å². The zero-order valence-electron chi connectivity index (χ0n) is 22.4. The van der Waals surface area contributed by atoms with E-state index < -0.39 is 12.2 Å². The molecule has 1 unspecified atom stereocenters. The molecule has 4 rings (SSSR count). The standard InChI is InChI=1S/C30H36O9/c1-35-26-13-19(6-8-24(26)34)11-21(16-32)38-25-9-7-20(15-27(25)36-2)29-23(17-33)22-12-18(5-4-10-31)14-28(37-3)30(22)39-29/h6-9,12-15,21,23,29,31-34H,4-5,10-11,16-17H2,1-3H3/t21?,23-,29-/m1/s1. The van der Waals surface area contributed by atoms with Gasteiger partial charge in [-0.1, -0.05) is 18.2 Å². The third-order valence-electron chi connectivity index (χ3n) is 6.91. The number of phenolic OH excluding ortho intramolecular Hbond substituents is 1. The number of hydrogen-bond donors (Lipinski definition) is 4. The van der Waals surface area contributed by atoms with Crippen LogP contribution in [0.1, 0.15) is 40.7 Å². The number of aromatic hydroxyl groups is 1. The molecule has 39 heavy (non-hydrogen) atoms. The van der Waals surface area contributed by atoms with Gasteiger partial charge in [-0.25, -0.2) is 0 Å². The molecule has 9 heteroatoms. The average Bonchev–Trinajstić information content (AvgIpc) is 3.34. The molecule has 210 valence electrons. The molecule has 1 aliphatic rings. The minimum Gasteiger partial charge on any atom is -0.504 e. The number of fused-ring (bicyclic) bond motifs is 1. The Morgan fingerprint density at radius 1 is 0.821 bits per heavy atom. The molecule has 0 saturated heterocycles. The Morgan fingerprint density at radius 2 is 1.56 bits per heavy atom. The van der Waals surface area contributed by atoms with E-state index in [4.69, 9.17) is 23.7 Å². The number of aryl methyl sites for hydroxylation is 1. The zero-order valence-corrected chi connectivity index (χ0v) is 22.4. The van der Waals surface area contributed by atoms with E-state index in [-0.39, 0.29) is 31.5 Å². The molecule has 9 nitrogen and oxygen atoms in total. The molecule has 0 aliphatic carbocycles. The number of rotatable bonds is 13. The van der Waals surface area contributed by atoms with Crippen molar-refractivity contribution in [1.29, 1.82) is 0 Å². The fraction of sp³-hybridized carbons (Fsp3) is 0.400. The van der Waals surface area contributed by atoms with Crippen molar-refractivity contribution < 1.29 is 44.1 Å². The Labute approximate surface area is 228 Å². The lowest BCUT2D eigenvalue weighted by atomic mass is 9.90. The summed E-state index contributed by atoms with van der Waals surface area (Å²) in [6.45, 7) is -0.274. The lowest BCUT2D eigenvalue weighted by Crippen LogP contribution is -2.24. The van der Waals surface area contributed by atoms with Gasteiger partial charge < -0.3 is 44.1 Å². The van der Waals surface area contributed by atoms with E-state index >= 15 is 0 Å². The van der Waals surface area contributed by atoms with E-state index in [0.717, 1.165) is 22.3 Å². The van der Waals surface area contributed by atoms with Gasteiger partial charge in [0, 0.05) is 18.6 Å². The highest BCUT2D eigenvalue weighted by atomic mass is 16.5. The Morgan fingerprint density at radius 3 is 2.23 bits per heavy atom. The maximum Gasteiger partial charge on any atom is 0.165 e. The summed E-state index contributed by atoms with van der Waals surface area (Å²) in [5.74, 6) is 2.15. The first kappa shape index (κ1) is 28.4. The van der Waals surface area contributed by atoms with Gasteiger partial charge in [0.15, 0.2) is 34.5 Å². The summed E-state index contributed by atoms with van der Waals surface area (Å²) in [5.41, 5.74) is 3.48. The van der Waals surface area contributed by atoms with Gasteiger partial charge in [-0.3, -0.25) is 0 Å². The second kappa shape index (κ2) is 12.9. The van der Waals surface area contributed by atoms with Crippen molar-refractivity contribution in [2.45, 2.75) is 37.4 Å². The van der Waals surface area contributed by atoms with Crippen LogP contribution in [0.15, 0.2) is 48.5 Å². The van der Waals surface area contributed by atoms with Crippen molar-refractivity contribution in [2.75, 3.05) is 41.2 Å². The van der Waals surface area contributed by atoms with Gasteiger partial charge in [0.25, 0.3) is 0 Å². The number of ether oxygens (including phenoxy) is 5. The summed E-state index contributed by atoms with van der Waals surface area (Å²) in [4.78, 5) is 0. The van der Waals surface area contributed by atoms with Crippen molar-refractivity contribution in [3.63, 3.8) is 0 Å². The van der Waals surface area contributed by atoms with Crippen molar-refractivity contribution >= 4 is 0 Å². The van der Waals surface area contributed by atoms with Gasteiger partial charge >= 0.3 is 0 Å². The fourth-order valence-corrected chi connectivity index (χ4v) is 4.92. The van der Waals surface area contributed by atoms with Gasteiger partial charge in [-0.2, -0.15) is 0 Å². The van der Waals surface area contributed by atoms with Crippen LogP contribution in [-0.2, 0) is 12.8 Å². The Bertz CT molecular complexity index is 1260. The summed E-state index contributed by atoms with van der Waals surface area (Å²) in [5, 5.41) is 39.4. The SMILES string of the molecule is COc1cc(CC(CO)Oc2ccc([C@H]3Oc4c(OC)cc(CCCO)cc4[C@H]3CO)cc2OC)ccc1O. The molecule has 3 aromatic rings. The maximum atomic E-state index is 10.3. The van der Waals surface area contributed by atoms with Gasteiger partial charge in [-0.15, -0.1) is 0 Å². The normalized spacial score (nSPS) is 16.8. The van der Waals surface area contributed by atoms with Crippen molar-refractivity contribution in [3.8, 4) is 34.5 Å². The lowest BCUT2D eigenvalue weighted by molar-refractivity contribution is 0.112. The van der Waals surface area contributed by atoms with Gasteiger partial charge in [-0.05, 0) is 59.9 Å². The van der Waals surface area contributed by atoms with Crippen LogP contribution >= 0.6 is 0 Å². The molecule has 0 spiro atoms. The average molecular weight is 541 g/mol. The van der Waals surface area contributed by atoms with Crippen LogP contribution in [0, 0.1) is 0 Å². The molecule has 0 fully saturated rings. The third kappa shape index (κ3) is 6.16. The minimum absolute atomic E-state index is 0.0384. The summed E-state index contributed by atoms with van der Waals surface area (Å²) < 4.78 is 28.8. The highest BCUT2D eigenvalue weighted by molar-refractivity contribution is 5.56. The zero-order chi connectivity index (χ0) is 27.9. The van der Waals surface area contributed by atoms with Gasteiger partial charge in [0.1, 0.15) is 12.2 Å². The molecule has 0 saturated carbocycles. The van der Waals surface area contributed by atoms with E-state index in [0.29, 0.717) is 48.0 Å². The number of aliphatic hydroxyl groups is 3. The van der Waals surface area contributed by atoms with E-state index in [1.165, 1.54) is 14.2 Å². The highest BCUT2D eigenvalue weighted by Gasteiger charge is 2.38. The quantitative estimate of drug-likeness (QED) is 0.257. The highest BCUT2D eigenvalue weighted by Crippen LogP contribution is 2.51. The van der Waals surface area contributed by atoms with Crippen LogP contribution in [0.25, 0.3) is 0 Å². The predicted molar refractivity (Wildman–Crippen MR) is 144 cm³/mol. The van der Waals surface area contributed by atoms with E-state index in [2.05, 4.69) is 0 Å². The van der Waals surface area contributed by atoms with Crippen LogP contribution in [0.4, 0.5) is 0 Å². The largest absolute Gasteiger partial charge is 0.504 e. The molecule has 0 radical (unpaired) electrons. The molecular weight excluding hydrogens is 504 g/mol. The number of phenols is 1. The number of methoxy groups -OCH3 is 3. The van der Waals surface area contributed by atoms with Crippen molar-refractivity contribution in [3.05, 3.63) is 70.8 Å². The molecule has 0 bridgehead atoms. The number of hydrogen-bond acceptors (Lipinski definition) is 9. The molecule has 1 aliphatic heterocycles. The Balaban J connectivity index is 1.57. The van der Waals surface area contributed by atoms with E-state index in [1.807, 2.05) is 24.3 Å². The van der Waals surface area contributed by atoms with Crippen LogP contribution in [0.3, 0.4) is 0 Å². The smallest absolute Gasteiger partial charge is 0.165 e. The van der Waals surface area contributed by atoms with Crippen LogP contribution in [0.5, 0.6) is 34.5 Å². The second-order valence-electron chi connectivity index (χ2n) is 9.41. The first-order valence-electron chi connectivity index (χ1n) is 12.9. The van der Waals surface area contributed by atoms with E-state index in [9.17, 15) is 20.4 Å². The molecule has 4 N–H and O–H groups in total. The number of aliphatic hydroxyl groups excluding tert-OH is 3. The second-order valence-corrected chi connectivity index (χ2v) is 9.41. The molecular formula is C30H36O9. The summed E-state index contributed by atoms with van der Waals surface area (Å²) in [6.07, 6.45) is 0.644. The van der Waals surface area contributed by atoms with E-state index in [1.54, 1.807) is 31.4 Å². The van der Waals surface area contributed by atoms with Gasteiger partial charge in [0.05, 0.1) is 40.5 Å². The molecule has 3 aromatic carbocycles. The number of benzene rings is 3. The maximum absolute atomic E-state index is 10.3. The Hall–Kier alpha value is -3.66.